The van der Waals surface area contributed by atoms with Crippen LogP contribution < -0.4 is 10.6 Å². The van der Waals surface area contributed by atoms with Crippen molar-refractivity contribution < 1.29 is 14.1 Å². The minimum atomic E-state index is -0.320. The van der Waals surface area contributed by atoms with E-state index in [0.717, 1.165) is 32.5 Å². The molecule has 2 saturated heterocycles. The molecule has 2 aliphatic rings. The van der Waals surface area contributed by atoms with E-state index in [-0.39, 0.29) is 23.9 Å². The first-order valence-corrected chi connectivity index (χ1v) is 7.37. The molecule has 116 valence electrons. The molecule has 1 amide bonds. The van der Waals surface area contributed by atoms with Gasteiger partial charge in [-0.2, -0.15) is 4.98 Å². The lowest BCUT2D eigenvalue weighted by Gasteiger charge is -2.29. The Morgan fingerprint density at radius 1 is 1.57 bits per heavy atom. The van der Waals surface area contributed by atoms with Crippen molar-refractivity contribution in [2.24, 2.45) is 0 Å². The van der Waals surface area contributed by atoms with E-state index in [1.807, 2.05) is 7.05 Å². The van der Waals surface area contributed by atoms with Crippen LogP contribution in [0.15, 0.2) is 4.52 Å². The molecule has 8 heteroatoms. The molecule has 0 spiro atoms. The zero-order valence-electron chi connectivity index (χ0n) is 12.2. The van der Waals surface area contributed by atoms with Gasteiger partial charge in [0.05, 0.1) is 18.8 Å². The smallest absolute Gasteiger partial charge is 0.292 e. The van der Waals surface area contributed by atoms with Gasteiger partial charge in [0.25, 0.3) is 11.7 Å². The van der Waals surface area contributed by atoms with E-state index in [1.165, 1.54) is 0 Å². The number of likely N-dealkylation sites (N-methyl/N-ethyl adjacent to an activating group) is 1. The Kier molecular flexibility index (Phi) is 4.47. The van der Waals surface area contributed by atoms with Crippen LogP contribution in [0.5, 0.6) is 0 Å². The average Bonchev–Trinajstić information content (AvgIpc) is 3.15. The highest BCUT2D eigenvalue weighted by molar-refractivity contribution is 5.90. The van der Waals surface area contributed by atoms with Crippen LogP contribution in [0.4, 0.5) is 0 Å². The topological polar surface area (TPSA) is 92.5 Å². The average molecular weight is 295 g/mol. The maximum Gasteiger partial charge on any atom is 0.292 e. The molecule has 1 aromatic rings. The SMILES string of the molecule is CN1CCOC(CNC(=O)c2noc(C3CCCN3)n2)C1. The highest BCUT2D eigenvalue weighted by Gasteiger charge is 2.25. The van der Waals surface area contributed by atoms with Gasteiger partial charge in [-0.1, -0.05) is 5.16 Å². The molecule has 2 atom stereocenters. The Morgan fingerprint density at radius 3 is 3.24 bits per heavy atom. The third-order valence-corrected chi connectivity index (χ3v) is 3.84. The molecule has 2 fully saturated rings. The molecule has 0 aromatic carbocycles. The normalized spacial score (nSPS) is 26.9. The van der Waals surface area contributed by atoms with E-state index in [4.69, 9.17) is 9.26 Å². The van der Waals surface area contributed by atoms with E-state index in [1.54, 1.807) is 0 Å². The predicted octanol–water partition coefficient (Wildman–Crippen LogP) is -0.445. The van der Waals surface area contributed by atoms with Gasteiger partial charge in [-0.05, 0) is 26.4 Å². The van der Waals surface area contributed by atoms with Crippen LogP contribution in [-0.2, 0) is 4.74 Å². The number of hydrogen-bond acceptors (Lipinski definition) is 7. The van der Waals surface area contributed by atoms with Crippen LogP contribution in [0, 0.1) is 0 Å². The van der Waals surface area contributed by atoms with Gasteiger partial charge < -0.3 is 24.8 Å². The van der Waals surface area contributed by atoms with E-state index in [0.29, 0.717) is 19.0 Å². The number of nitrogens with one attached hydrogen (secondary N) is 2. The molecule has 2 N–H and O–H groups in total. The van der Waals surface area contributed by atoms with E-state index in [2.05, 4.69) is 25.7 Å². The van der Waals surface area contributed by atoms with Crippen molar-refractivity contribution in [3.05, 3.63) is 11.7 Å². The first kappa shape index (κ1) is 14.4. The molecule has 2 aliphatic heterocycles. The van der Waals surface area contributed by atoms with Crippen LogP contribution in [0.3, 0.4) is 0 Å². The van der Waals surface area contributed by atoms with Gasteiger partial charge in [0.2, 0.25) is 5.89 Å². The first-order valence-electron chi connectivity index (χ1n) is 7.37. The maximum atomic E-state index is 12.0. The van der Waals surface area contributed by atoms with Crippen LogP contribution in [0.1, 0.15) is 35.4 Å². The molecule has 3 heterocycles. The number of amides is 1. The molecule has 21 heavy (non-hydrogen) atoms. The van der Waals surface area contributed by atoms with E-state index >= 15 is 0 Å². The Balaban J connectivity index is 1.50. The second kappa shape index (κ2) is 6.50. The second-order valence-corrected chi connectivity index (χ2v) is 5.57. The highest BCUT2D eigenvalue weighted by Crippen LogP contribution is 2.20. The number of morpholine rings is 1. The summed E-state index contributed by atoms with van der Waals surface area (Å²) in [6.07, 6.45) is 2.06. The van der Waals surface area contributed by atoms with Gasteiger partial charge in [-0.15, -0.1) is 0 Å². The highest BCUT2D eigenvalue weighted by atomic mass is 16.5. The minimum Gasteiger partial charge on any atom is -0.374 e. The van der Waals surface area contributed by atoms with Crippen molar-refractivity contribution in [3.63, 3.8) is 0 Å². The Morgan fingerprint density at radius 2 is 2.48 bits per heavy atom. The molecule has 0 radical (unpaired) electrons. The largest absolute Gasteiger partial charge is 0.374 e. The van der Waals surface area contributed by atoms with Crippen molar-refractivity contribution in [1.29, 1.82) is 0 Å². The monoisotopic (exact) mass is 295 g/mol. The van der Waals surface area contributed by atoms with Crippen molar-refractivity contribution >= 4 is 5.91 Å². The van der Waals surface area contributed by atoms with Crippen LogP contribution >= 0.6 is 0 Å². The zero-order valence-corrected chi connectivity index (χ0v) is 12.2. The maximum absolute atomic E-state index is 12.0. The number of rotatable bonds is 4. The standard InChI is InChI=1S/C13H21N5O3/c1-18-5-6-20-9(8-18)7-15-12(19)11-16-13(21-17-11)10-3-2-4-14-10/h9-10,14H,2-8H2,1H3,(H,15,19). The lowest BCUT2D eigenvalue weighted by Crippen LogP contribution is -2.46. The summed E-state index contributed by atoms with van der Waals surface area (Å²) >= 11 is 0. The summed E-state index contributed by atoms with van der Waals surface area (Å²) in [4.78, 5) is 18.4. The molecule has 0 aliphatic carbocycles. The van der Waals surface area contributed by atoms with Gasteiger partial charge in [0.1, 0.15) is 0 Å². The number of aromatic nitrogens is 2. The van der Waals surface area contributed by atoms with Crippen molar-refractivity contribution in [3.8, 4) is 0 Å². The Bertz CT molecular complexity index is 486. The molecule has 0 saturated carbocycles. The summed E-state index contributed by atoms with van der Waals surface area (Å²) in [6, 6.07) is 0.0781. The summed E-state index contributed by atoms with van der Waals surface area (Å²) in [6.45, 7) is 3.82. The summed E-state index contributed by atoms with van der Waals surface area (Å²) in [5.74, 6) is 0.258. The molecular formula is C13H21N5O3. The molecule has 0 bridgehead atoms. The third kappa shape index (κ3) is 3.58. The fraction of sp³-hybridized carbons (Fsp3) is 0.769. The quantitative estimate of drug-likeness (QED) is 0.777. The second-order valence-electron chi connectivity index (χ2n) is 5.57. The van der Waals surface area contributed by atoms with Gasteiger partial charge >= 0.3 is 0 Å². The van der Waals surface area contributed by atoms with Gasteiger partial charge in [0, 0.05) is 19.6 Å². The molecule has 8 nitrogen and oxygen atoms in total. The fourth-order valence-corrected chi connectivity index (χ4v) is 2.64. The van der Waals surface area contributed by atoms with Gasteiger partial charge in [-0.3, -0.25) is 4.79 Å². The number of hydrogen-bond donors (Lipinski definition) is 2. The van der Waals surface area contributed by atoms with E-state index < -0.39 is 0 Å². The lowest BCUT2D eigenvalue weighted by atomic mass is 10.2. The summed E-state index contributed by atoms with van der Waals surface area (Å²) in [7, 11) is 2.04. The third-order valence-electron chi connectivity index (χ3n) is 3.84. The van der Waals surface area contributed by atoms with Gasteiger partial charge in [-0.25, -0.2) is 0 Å². The molecule has 2 unspecified atom stereocenters. The number of nitrogens with zero attached hydrogens (tertiary/aromatic N) is 3. The molecular weight excluding hydrogens is 274 g/mol. The predicted molar refractivity (Wildman–Crippen MR) is 73.8 cm³/mol. The summed E-state index contributed by atoms with van der Waals surface area (Å²) in [5.41, 5.74) is 0. The van der Waals surface area contributed by atoms with Crippen LogP contribution in [0.2, 0.25) is 0 Å². The van der Waals surface area contributed by atoms with Crippen molar-refractivity contribution in [2.45, 2.75) is 25.0 Å². The number of ether oxygens (including phenoxy) is 1. The van der Waals surface area contributed by atoms with E-state index in [9.17, 15) is 4.79 Å². The Hall–Kier alpha value is -1.51. The summed E-state index contributed by atoms with van der Waals surface area (Å²) < 4.78 is 10.7. The number of carbonyl (C=O) groups is 1. The van der Waals surface area contributed by atoms with Crippen molar-refractivity contribution in [1.82, 2.24) is 25.7 Å². The molecule has 1 aromatic heterocycles. The molecule has 3 rings (SSSR count). The van der Waals surface area contributed by atoms with Gasteiger partial charge in [0.15, 0.2) is 0 Å². The van der Waals surface area contributed by atoms with Crippen molar-refractivity contribution in [2.75, 3.05) is 39.8 Å². The first-order chi connectivity index (χ1) is 10.2. The lowest BCUT2D eigenvalue weighted by molar-refractivity contribution is -0.0175. The van der Waals surface area contributed by atoms with Crippen LogP contribution in [-0.4, -0.2) is 66.9 Å². The summed E-state index contributed by atoms with van der Waals surface area (Å²) in [5, 5.41) is 9.81. The Labute approximate surface area is 123 Å². The minimum absolute atomic E-state index is 0.00979. The fourth-order valence-electron chi connectivity index (χ4n) is 2.64. The zero-order chi connectivity index (χ0) is 14.7. The van der Waals surface area contributed by atoms with Crippen LogP contribution in [0.25, 0.3) is 0 Å². The number of carbonyl (C=O) groups excluding carboxylic acids is 1.